The highest BCUT2D eigenvalue weighted by molar-refractivity contribution is 8.00. The highest BCUT2D eigenvalue weighted by atomic mass is 32.2. The first-order valence-electron chi connectivity index (χ1n) is 6.38. The molecule has 0 fully saturated rings. The average Bonchev–Trinajstić information content (AvgIpc) is 2.85. The van der Waals surface area contributed by atoms with Gasteiger partial charge in [-0.1, -0.05) is 42.1 Å². The number of hydrogen-bond donors (Lipinski definition) is 0. The second-order valence-corrected chi connectivity index (χ2v) is 5.70. The van der Waals surface area contributed by atoms with E-state index in [1.807, 2.05) is 44.3 Å². The molecule has 1 atom stereocenters. The predicted molar refractivity (Wildman–Crippen MR) is 77.4 cm³/mol. The van der Waals surface area contributed by atoms with E-state index in [0.717, 1.165) is 12.0 Å². The van der Waals surface area contributed by atoms with Gasteiger partial charge in [-0.2, -0.15) is 0 Å². The van der Waals surface area contributed by atoms with Gasteiger partial charge in [0.15, 0.2) is 5.16 Å². The van der Waals surface area contributed by atoms with Crippen molar-refractivity contribution in [2.45, 2.75) is 23.8 Å². The van der Waals surface area contributed by atoms with Crippen LogP contribution in [0.25, 0.3) is 0 Å². The summed E-state index contributed by atoms with van der Waals surface area (Å²) in [5.74, 6) is -0.228. The van der Waals surface area contributed by atoms with Crippen molar-refractivity contribution in [2.24, 2.45) is 7.05 Å². The van der Waals surface area contributed by atoms with Crippen LogP contribution in [0.2, 0.25) is 0 Å². The fourth-order valence-electron chi connectivity index (χ4n) is 1.62. The van der Waals surface area contributed by atoms with Gasteiger partial charge >= 0.3 is 5.97 Å². The summed E-state index contributed by atoms with van der Waals surface area (Å²) in [6.45, 7) is 2.21. The first kappa shape index (κ1) is 14.6. The number of aryl methyl sites for hydroxylation is 1. The molecule has 1 heterocycles. The van der Waals surface area contributed by atoms with Gasteiger partial charge in [-0.3, -0.25) is 4.79 Å². The van der Waals surface area contributed by atoms with E-state index in [4.69, 9.17) is 4.74 Å². The standard InChI is InChI=1S/C14H17N3O2S/c1-11(20-14-16-15-10-17(14)2)13(18)19-9-8-12-6-4-3-5-7-12/h3-7,10-11H,8-9H2,1-2H3. The SMILES string of the molecule is CC(Sc1nncn1C)C(=O)OCCc1ccccc1. The van der Waals surface area contributed by atoms with Crippen molar-refractivity contribution in [3.8, 4) is 0 Å². The van der Waals surface area contributed by atoms with Gasteiger partial charge in [-0.25, -0.2) is 0 Å². The van der Waals surface area contributed by atoms with Crippen LogP contribution in [0.15, 0.2) is 41.8 Å². The Morgan fingerprint density at radius 2 is 2.15 bits per heavy atom. The number of carbonyl (C=O) groups is 1. The van der Waals surface area contributed by atoms with E-state index in [9.17, 15) is 4.79 Å². The summed E-state index contributed by atoms with van der Waals surface area (Å²) in [6, 6.07) is 9.96. The van der Waals surface area contributed by atoms with E-state index in [0.29, 0.717) is 11.8 Å². The largest absolute Gasteiger partial charge is 0.465 e. The Hall–Kier alpha value is -1.82. The predicted octanol–water partition coefficient (Wildman–Crippen LogP) is 2.08. The van der Waals surface area contributed by atoms with Crippen LogP contribution in [0.3, 0.4) is 0 Å². The molecule has 1 unspecified atom stereocenters. The van der Waals surface area contributed by atoms with Crippen molar-refractivity contribution in [1.82, 2.24) is 14.8 Å². The number of nitrogens with zero attached hydrogens (tertiary/aromatic N) is 3. The molecule has 6 heteroatoms. The minimum atomic E-state index is -0.298. The second kappa shape index (κ2) is 7.09. The van der Waals surface area contributed by atoms with E-state index in [-0.39, 0.29) is 11.2 Å². The molecule has 0 N–H and O–H groups in total. The zero-order valence-electron chi connectivity index (χ0n) is 11.5. The summed E-state index contributed by atoms with van der Waals surface area (Å²) in [5.41, 5.74) is 1.16. The minimum Gasteiger partial charge on any atom is -0.465 e. The summed E-state index contributed by atoms with van der Waals surface area (Å²) < 4.78 is 7.06. The fraction of sp³-hybridized carbons (Fsp3) is 0.357. The van der Waals surface area contributed by atoms with Crippen molar-refractivity contribution in [3.05, 3.63) is 42.2 Å². The summed E-state index contributed by atoms with van der Waals surface area (Å²) in [7, 11) is 1.84. The number of hydrogen-bond acceptors (Lipinski definition) is 5. The quantitative estimate of drug-likeness (QED) is 0.602. The Kier molecular flexibility index (Phi) is 5.17. The van der Waals surface area contributed by atoms with Crippen LogP contribution in [0.4, 0.5) is 0 Å². The number of rotatable bonds is 6. The lowest BCUT2D eigenvalue weighted by Crippen LogP contribution is -2.18. The molecule has 0 bridgehead atoms. The first-order chi connectivity index (χ1) is 9.66. The monoisotopic (exact) mass is 291 g/mol. The maximum atomic E-state index is 11.9. The van der Waals surface area contributed by atoms with Gasteiger partial charge in [0, 0.05) is 13.5 Å². The number of benzene rings is 1. The zero-order valence-corrected chi connectivity index (χ0v) is 12.3. The zero-order chi connectivity index (χ0) is 14.4. The molecule has 0 saturated carbocycles. The molecule has 0 saturated heterocycles. The topological polar surface area (TPSA) is 57.0 Å². The number of ether oxygens (including phenoxy) is 1. The van der Waals surface area contributed by atoms with Crippen LogP contribution < -0.4 is 0 Å². The van der Waals surface area contributed by atoms with Gasteiger partial charge < -0.3 is 9.30 Å². The molecule has 5 nitrogen and oxygen atoms in total. The third kappa shape index (κ3) is 4.09. The maximum Gasteiger partial charge on any atom is 0.319 e. The third-order valence-corrected chi connectivity index (χ3v) is 3.89. The summed E-state index contributed by atoms with van der Waals surface area (Å²) in [6.07, 6.45) is 2.34. The van der Waals surface area contributed by atoms with E-state index >= 15 is 0 Å². The van der Waals surface area contributed by atoms with Gasteiger partial charge in [-0.05, 0) is 12.5 Å². The summed E-state index contributed by atoms with van der Waals surface area (Å²) in [4.78, 5) is 11.9. The molecule has 0 aliphatic rings. The lowest BCUT2D eigenvalue weighted by atomic mass is 10.2. The Morgan fingerprint density at radius 3 is 2.80 bits per heavy atom. The van der Waals surface area contributed by atoms with Crippen LogP contribution >= 0.6 is 11.8 Å². The highest BCUT2D eigenvalue weighted by Crippen LogP contribution is 2.20. The normalized spacial score (nSPS) is 12.1. The molecule has 106 valence electrons. The number of aromatic nitrogens is 3. The molecule has 20 heavy (non-hydrogen) atoms. The minimum absolute atomic E-state index is 0.228. The van der Waals surface area contributed by atoms with Crippen LogP contribution in [0.1, 0.15) is 12.5 Å². The van der Waals surface area contributed by atoms with Gasteiger partial charge in [0.1, 0.15) is 11.6 Å². The molecule has 1 aromatic carbocycles. The smallest absolute Gasteiger partial charge is 0.319 e. The molecule has 0 amide bonds. The van der Waals surface area contributed by atoms with E-state index in [1.165, 1.54) is 11.8 Å². The molecule has 0 aliphatic heterocycles. The summed E-state index contributed by atoms with van der Waals surface area (Å²) in [5, 5.41) is 8.12. The molecule has 1 aromatic heterocycles. The molecule has 2 rings (SSSR count). The second-order valence-electron chi connectivity index (χ2n) is 4.39. The molecular weight excluding hydrogens is 274 g/mol. The molecule has 0 spiro atoms. The van der Waals surface area contributed by atoms with Crippen molar-refractivity contribution < 1.29 is 9.53 Å². The molecule has 2 aromatic rings. The van der Waals surface area contributed by atoms with Crippen molar-refractivity contribution in [3.63, 3.8) is 0 Å². The third-order valence-electron chi connectivity index (χ3n) is 2.76. The van der Waals surface area contributed by atoms with Gasteiger partial charge in [0.2, 0.25) is 0 Å². The fourth-order valence-corrected chi connectivity index (χ4v) is 2.41. The molecule has 0 aliphatic carbocycles. The lowest BCUT2D eigenvalue weighted by Gasteiger charge is -2.10. The lowest BCUT2D eigenvalue weighted by molar-refractivity contribution is -0.142. The van der Waals surface area contributed by atoms with Gasteiger partial charge in [0.25, 0.3) is 0 Å². The summed E-state index contributed by atoms with van der Waals surface area (Å²) >= 11 is 1.35. The first-order valence-corrected chi connectivity index (χ1v) is 7.26. The molecule has 0 radical (unpaired) electrons. The Labute approximate surface area is 122 Å². The van der Waals surface area contributed by atoms with Crippen LogP contribution in [0.5, 0.6) is 0 Å². The van der Waals surface area contributed by atoms with E-state index in [2.05, 4.69) is 10.2 Å². The number of esters is 1. The van der Waals surface area contributed by atoms with Crippen LogP contribution in [-0.2, 0) is 23.0 Å². The van der Waals surface area contributed by atoms with Gasteiger partial charge in [0.05, 0.1) is 6.61 Å². The maximum absolute atomic E-state index is 11.9. The van der Waals surface area contributed by atoms with Crippen molar-refractivity contribution in [1.29, 1.82) is 0 Å². The Morgan fingerprint density at radius 1 is 1.40 bits per heavy atom. The Balaban J connectivity index is 1.76. The number of carbonyl (C=O) groups excluding carboxylic acids is 1. The molecular formula is C14H17N3O2S. The average molecular weight is 291 g/mol. The van der Waals surface area contributed by atoms with Crippen LogP contribution in [-0.4, -0.2) is 32.6 Å². The van der Waals surface area contributed by atoms with E-state index < -0.39 is 0 Å². The van der Waals surface area contributed by atoms with Crippen LogP contribution in [0, 0.1) is 0 Å². The van der Waals surface area contributed by atoms with Crippen molar-refractivity contribution >= 4 is 17.7 Å². The van der Waals surface area contributed by atoms with Gasteiger partial charge in [-0.15, -0.1) is 10.2 Å². The van der Waals surface area contributed by atoms with E-state index in [1.54, 1.807) is 10.9 Å². The number of thioether (sulfide) groups is 1. The highest BCUT2D eigenvalue weighted by Gasteiger charge is 2.18. The Bertz CT molecular complexity index is 557. The van der Waals surface area contributed by atoms with Crippen molar-refractivity contribution in [2.75, 3.05) is 6.61 Å².